The first-order chi connectivity index (χ1) is 41.0. The van der Waals surface area contributed by atoms with Gasteiger partial charge in [-0.25, -0.2) is 0 Å². The van der Waals surface area contributed by atoms with Crippen molar-refractivity contribution in [2.24, 2.45) is 0 Å². The van der Waals surface area contributed by atoms with Crippen molar-refractivity contribution in [3.05, 3.63) is 85.1 Å². The third-order valence-electron chi connectivity index (χ3n) is 15.8. The summed E-state index contributed by atoms with van der Waals surface area (Å²) in [4.78, 5) is 38.4. The summed E-state index contributed by atoms with van der Waals surface area (Å²) in [6.07, 6.45) is 94.7. The molecule has 83 heavy (non-hydrogen) atoms. The molecule has 0 N–H and O–H groups in total. The Labute approximate surface area is 515 Å². The van der Waals surface area contributed by atoms with E-state index in [1.54, 1.807) is 0 Å². The van der Waals surface area contributed by atoms with E-state index in [9.17, 15) is 14.4 Å². The first-order valence-electron chi connectivity index (χ1n) is 36.1. The molecule has 0 aliphatic rings. The largest absolute Gasteiger partial charge is 0.462 e. The zero-order chi connectivity index (χ0) is 59.9. The Bertz CT molecular complexity index is 1570. The Kier molecular flexibility index (Phi) is 68.2. The summed E-state index contributed by atoms with van der Waals surface area (Å²) in [5.74, 6) is -0.886. The van der Waals surface area contributed by atoms with Crippen LogP contribution in [0.2, 0.25) is 0 Å². The van der Waals surface area contributed by atoms with E-state index in [2.05, 4.69) is 106 Å². The lowest BCUT2D eigenvalue weighted by Gasteiger charge is -2.18. The molecule has 0 spiro atoms. The molecule has 0 fully saturated rings. The van der Waals surface area contributed by atoms with Gasteiger partial charge in [0.15, 0.2) is 6.10 Å². The van der Waals surface area contributed by atoms with Crippen molar-refractivity contribution in [1.29, 1.82) is 0 Å². The molecular weight excluding hydrogens is 1020 g/mol. The molecule has 0 aromatic heterocycles. The van der Waals surface area contributed by atoms with Crippen LogP contribution in [-0.4, -0.2) is 37.2 Å². The topological polar surface area (TPSA) is 78.9 Å². The molecule has 0 rings (SSSR count). The van der Waals surface area contributed by atoms with Crippen molar-refractivity contribution in [2.45, 2.75) is 374 Å². The van der Waals surface area contributed by atoms with E-state index in [1.165, 1.54) is 218 Å². The number of carbonyl (C=O) groups is 3. The lowest BCUT2D eigenvalue weighted by atomic mass is 10.0. The summed E-state index contributed by atoms with van der Waals surface area (Å²) in [7, 11) is 0. The molecule has 6 heteroatoms. The maximum atomic E-state index is 13.0. The van der Waals surface area contributed by atoms with Crippen molar-refractivity contribution in [3.8, 4) is 0 Å². The molecule has 6 nitrogen and oxygen atoms in total. The van der Waals surface area contributed by atoms with Crippen molar-refractivity contribution in [2.75, 3.05) is 13.2 Å². The Balaban J connectivity index is 4.25. The van der Waals surface area contributed by atoms with Crippen molar-refractivity contribution < 1.29 is 28.6 Å². The first kappa shape index (κ1) is 79.6. The fourth-order valence-electron chi connectivity index (χ4n) is 10.4. The number of esters is 3. The summed E-state index contributed by atoms with van der Waals surface area (Å²) in [6.45, 7) is 6.58. The van der Waals surface area contributed by atoms with E-state index in [0.29, 0.717) is 19.3 Å². The number of allylic oxidation sites excluding steroid dienone is 14. The van der Waals surface area contributed by atoms with E-state index >= 15 is 0 Å². The molecule has 0 aromatic rings. The lowest BCUT2D eigenvalue weighted by molar-refractivity contribution is -0.167. The average molecular weight is 1160 g/mol. The van der Waals surface area contributed by atoms with E-state index in [-0.39, 0.29) is 31.1 Å². The normalized spacial score (nSPS) is 12.6. The van der Waals surface area contributed by atoms with Crippen LogP contribution in [0.3, 0.4) is 0 Å². The maximum absolute atomic E-state index is 13.0. The molecule has 0 aromatic carbocycles. The van der Waals surface area contributed by atoms with Crippen LogP contribution in [0.1, 0.15) is 367 Å². The maximum Gasteiger partial charge on any atom is 0.306 e. The van der Waals surface area contributed by atoms with Gasteiger partial charge in [-0.05, 0) is 116 Å². The molecular formula is C77H136O6. The average Bonchev–Trinajstić information content (AvgIpc) is 3.49. The second kappa shape index (κ2) is 71.1. The van der Waals surface area contributed by atoms with Gasteiger partial charge in [-0.2, -0.15) is 0 Å². The minimum absolute atomic E-state index is 0.0817. The molecule has 0 bridgehead atoms. The lowest BCUT2D eigenvalue weighted by Crippen LogP contribution is -2.30. The van der Waals surface area contributed by atoms with Crippen LogP contribution in [0, 0.1) is 0 Å². The van der Waals surface area contributed by atoms with Crippen LogP contribution in [0.5, 0.6) is 0 Å². The minimum atomic E-state index is -0.788. The summed E-state index contributed by atoms with van der Waals surface area (Å²) in [6, 6.07) is 0. The third kappa shape index (κ3) is 69.3. The minimum Gasteiger partial charge on any atom is -0.462 e. The molecule has 0 heterocycles. The van der Waals surface area contributed by atoms with Crippen molar-refractivity contribution in [1.82, 2.24) is 0 Å². The molecule has 0 aliphatic heterocycles. The Morgan fingerprint density at radius 2 is 0.458 bits per heavy atom. The molecule has 1 atom stereocenters. The van der Waals surface area contributed by atoms with E-state index in [4.69, 9.17) is 14.2 Å². The van der Waals surface area contributed by atoms with Crippen LogP contribution >= 0.6 is 0 Å². The van der Waals surface area contributed by atoms with Crippen LogP contribution < -0.4 is 0 Å². The number of hydrogen-bond donors (Lipinski definition) is 0. The highest BCUT2D eigenvalue weighted by atomic mass is 16.6. The Hall–Kier alpha value is -3.41. The standard InChI is InChI=1S/C77H136O6/c1-4-7-10-13-16-19-22-25-27-29-31-33-35-36-37-38-39-40-42-43-45-47-49-52-55-58-61-64-67-70-76(79)82-73-74(72-81-75(78)69-66-63-60-57-54-51-24-21-18-15-12-9-6-3)83-77(80)71-68-65-62-59-56-53-50-48-46-44-41-34-32-30-28-26-23-20-17-14-11-8-5-2/h12,15,21-26,29-32,41,44,74H,4-11,13-14,16-20,27-28,33-40,42-43,45-73H2,1-3H3/b15-12-,24-21-,25-22-,26-23-,31-29-,32-30-,44-41-. The van der Waals surface area contributed by atoms with Gasteiger partial charge < -0.3 is 14.2 Å². The van der Waals surface area contributed by atoms with Crippen LogP contribution in [0.25, 0.3) is 0 Å². The van der Waals surface area contributed by atoms with Crippen LogP contribution in [-0.2, 0) is 28.6 Å². The van der Waals surface area contributed by atoms with E-state index in [1.807, 2.05) is 0 Å². The second-order valence-electron chi connectivity index (χ2n) is 24.1. The summed E-state index contributed by atoms with van der Waals surface area (Å²) >= 11 is 0. The molecule has 0 aliphatic carbocycles. The van der Waals surface area contributed by atoms with Gasteiger partial charge in [0, 0.05) is 19.3 Å². The SMILES string of the molecule is CCC/C=C\C/C=C\CCCCCCCC(=O)OCC(COC(=O)CCCCCCCCCCCCCCCCCCC/C=C\C/C=C\CCCCCCC)OC(=O)CCCCCCCCCC/C=C\C/C=C\C/C=C\CCCCCCC. The molecule has 0 amide bonds. The van der Waals surface area contributed by atoms with Gasteiger partial charge in [-0.1, -0.05) is 318 Å². The summed E-state index contributed by atoms with van der Waals surface area (Å²) in [5, 5.41) is 0. The number of hydrogen-bond acceptors (Lipinski definition) is 6. The zero-order valence-corrected chi connectivity index (χ0v) is 55.2. The predicted octanol–water partition coefficient (Wildman–Crippen LogP) is 25.0. The van der Waals surface area contributed by atoms with Crippen molar-refractivity contribution in [3.63, 3.8) is 0 Å². The fraction of sp³-hybridized carbons (Fsp3) is 0.779. The highest BCUT2D eigenvalue weighted by molar-refractivity contribution is 5.71. The third-order valence-corrected chi connectivity index (χ3v) is 15.8. The predicted molar refractivity (Wildman–Crippen MR) is 362 cm³/mol. The zero-order valence-electron chi connectivity index (χ0n) is 55.2. The number of carbonyl (C=O) groups excluding carboxylic acids is 3. The quantitative estimate of drug-likeness (QED) is 0.0261. The van der Waals surface area contributed by atoms with Gasteiger partial charge in [-0.3, -0.25) is 14.4 Å². The second-order valence-corrected chi connectivity index (χ2v) is 24.1. The molecule has 0 saturated carbocycles. The summed E-state index contributed by atoms with van der Waals surface area (Å²) in [5.41, 5.74) is 0. The van der Waals surface area contributed by atoms with E-state index in [0.717, 1.165) is 109 Å². The highest BCUT2D eigenvalue weighted by Crippen LogP contribution is 2.17. The molecule has 0 radical (unpaired) electrons. The van der Waals surface area contributed by atoms with Gasteiger partial charge in [-0.15, -0.1) is 0 Å². The van der Waals surface area contributed by atoms with Gasteiger partial charge in [0.1, 0.15) is 13.2 Å². The number of ether oxygens (including phenoxy) is 3. The fourth-order valence-corrected chi connectivity index (χ4v) is 10.4. The van der Waals surface area contributed by atoms with Crippen LogP contribution in [0.15, 0.2) is 85.1 Å². The van der Waals surface area contributed by atoms with Crippen molar-refractivity contribution >= 4 is 17.9 Å². The van der Waals surface area contributed by atoms with Gasteiger partial charge in [0.2, 0.25) is 0 Å². The first-order valence-corrected chi connectivity index (χ1v) is 36.1. The van der Waals surface area contributed by atoms with Crippen LogP contribution in [0.4, 0.5) is 0 Å². The molecule has 480 valence electrons. The molecule has 0 saturated heterocycles. The summed E-state index contributed by atoms with van der Waals surface area (Å²) < 4.78 is 17.0. The van der Waals surface area contributed by atoms with Gasteiger partial charge in [0.05, 0.1) is 0 Å². The monoisotopic (exact) mass is 1160 g/mol. The number of rotatable bonds is 66. The van der Waals surface area contributed by atoms with Gasteiger partial charge >= 0.3 is 17.9 Å². The smallest absolute Gasteiger partial charge is 0.306 e. The van der Waals surface area contributed by atoms with E-state index < -0.39 is 6.10 Å². The Morgan fingerprint density at radius 3 is 0.723 bits per heavy atom. The molecule has 1 unspecified atom stereocenters. The van der Waals surface area contributed by atoms with Gasteiger partial charge in [0.25, 0.3) is 0 Å². The Morgan fingerprint density at radius 1 is 0.241 bits per heavy atom. The highest BCUT2D eigenvalue weighted by Gasteiger charge is 2.19. The number of unbranched alkanes of at least 4 members (excludes halogenated alkanes) is 41.